The van der Waals surface area contributed by atoms with Crippen LogP contribution in [0.4, 0.5) is 5.69 Å². The van der Waals surface area contributed by atoms with Gasteiger partial charge in [-0.1, -0.05) is 30.3 Å². The van der Waals surface area contributed by atoms with Crippen molar-refractivity contribution in [3.8, 4) is 0 Å². The third-order valence-electron chi connectivity index (χ3n) is 4.21. The van der Waals surface area contributed by atoms with Gasteiger partial charge >= 0.3 is 0 Å². The van der Waals surface area contributed by atoms with E-state index in [-0.39, 0.29) is 16.5 Å². The van der Waals surface area contributed by atoms with Crippen LogP contribution in [0.1, 0.15) is 15.9 Å². The van der Waals surface area contributed by atoms with Crippen LogP contribution < -0.4 is 0 Å². The first-order valence-corrected chi connectivity index (χ1v) is 7.93. The number of benzene rings is 2. The van der Waals surface area contributed by atoms with Gasteiger partial charge in [-0.3, -0.25) is 19.8 Å². The minimum atomic E-state index is -0.375. The number of hydrogen-bond acceptors (Lipinski definition) is 4. The molecule has 6 nitrogen and oxygen atoms in total. The zero-order chi connectivity index (χ0) is 16.9. The normalized spacial score (nSPS) is 15.2. The zero-order valence-corrected chi connectivity index (χ0v) is 13.3. The third kappa shape index (κ3) is 3.78. The molecule has 1 heterocycles. The Hall–Kier alpha value is -2.73. The minimum absolute atomic E-state index is 0.0607. The number of piperazine rings is 1. The SMILES string of the molecule is O=C(c1ccccc1)N1CCN(Cc2cccc([N+](=O)[O-])c2)CC1. The summed E-state index contributed by atoms with van der Waals surface area (Å²) in [6.45, 7) is 3.53. The molecule has 0 radical (unpaired) electrons. The first kappa shape index (κ1) is 16.1. The quantitative estimate of drug-likeness (QED) is 0.640. The Bertz CT molecular complexity index is 725. The molecule has 1 fully saturated rings. The standard InChI is InChI=1S/C18H19N3O3/c22-18(16-6-2-1-3-7-16)20-11-9-19(10-12-20)14-15-5-4-8-17(13-15)21(23)24/h1-8,13H,9-12,14H2. The second kappa shape index (κ2) is 7.23. The highest BCUT2D eigenvalue weighted by Gasteiger charge is 2.22. The highest BCUT2D eigenvalue weighted by molar-refractivity contribution is 5.94. The molecule has 0 atom stereocenters. The minimum Gasteiger partial charge on any atom is -0.336 e. The van der Waals surface area contributed by atoms with Crippen molar-refractivity contribution in [1.82, 2.24) is 9.80 Å². The van der Waals surface area contributed by atoms with Crippen molar-refractivity contribution >= 4 is 11.6 Å². The molecule has 0 bridgehead atoms. The molecule has 124 valence electrons. The fourth-order valence-corrected chi connectivity index (χ4v) is 2.90. The maximum atomic E-state index is 12.4. The van der Waals surface area contributed by atoms with Crippen molar-refractivity contribution in [3.63, 3.8) is 0 Å². The number of nitrogens with zero attached hydrogens (tertiary/aromatic N) is 3. The van der Waals surface area contributed by atoms with Gasteiger partial charge in [-0.2, -0.15) is 0 Å². The summed E-state index contributed by atoms with van der Waals surface area (Å²) in [6.07, 6.45) is 0. The number of non-ortho nitro benzene ring substituents is 1. The van der Waals surface area contributed by atoms with E-state index in [2.05, 4.69) is 4.90 Å². The highest BCUT2D eigenvalue weighted by atomic mass is 16.6. The van der Waals surface area contributed by atoms with Crippen LogP contribution in [0.25, 0.3) is 0 Å². The summed E-state index contributed by atoms with van der Waals surface area (Å²) in [5, 5.41) is 10.8. The number of rotatable bonds is 4. The number of nitro benzene ring substituents is 1. The Kier molecular flexibility index (Phi) is 4.86. The number of hydrogen-bond donors (Lipinski definition) is 0. The molecule has 1 aliphatic rings. The van der Waals surface area contributed by atoms with Crippen molar-refractivity contribution in [2.45, 2.75) is 6.54 Å². The van der Waals surface area contributed by atoms with Crippen molar-refractivity contribution in [1.29, 1.82) is 0 Å². The van der Waals surface area contributed by atoms with Crippen molar-refractivity contribution in [3.05, 3.63) is 75.8 Å². The lowest BCUT2D eigenvalue weighted by Gasteiger charge is -2.34. The largest absolute Gasteiger partial charge is 0.336 e. The molecule has 6 heteroatoms. The Balaban J connectivity index is 1.56. The number of carbonyl (C=O) groups is 1. The smallest absolute Gasteiger partial charge is 0.269 e. The van der Waals surface area contributed by atoms with E-state index in [4.69, 9.17) is 0 Å². The summed E-state index contributed by atoms with van der Waals surface area (Å²) in [5.41, 5.74) is 1.75. The van der Waals surface area contributed by atoms with E-state index in [0.717, 1.165) is 18.7 Å². The molecule has 1 amide bonds. The van der Waals surface area contributed by atoms with Crippen LogP contribution in [-0.4, -0.2) is 46.8 Å². The molecule has 0 unspecified atom stereocenters. The van der Waals surface area contributed by atoms with Crippen LogP contribution in [0.5, 0.6) is 0 Å². The van der Waals surface area contributed by atoms with Crippen LogP contribution in [0.3, 0.4) is 0 Å². The molecule has 0 spiro atoms. The molecule has 2 aromatic carbocycles. The number of nitro groups is 1. The Labute approximate surface area is 140 Å². The Morgan fingerprint density at radius 1 is 1.00 bits per heavy atom. The van der Waals surface area contributed by atoms with E-state index in [9.17, 15) is 14.9 Å². The first-order chi connectivity index (χ1) is 11.6. The lowest BCUT2D eigenvalue weighted by atomic mass is 10.1. The molecule has 0 N–H and O–H groups in total. The summed E-state index contributed by atoms with van der Waals surface area (Å²) < 4.78 is 0. The molecular formula is C18H19N3O3. The van der Waals surface area contributed by atoms with E-state index in [0.29, 0.717) is 25.2 Å². The summed E-state index contributed by atoms with van der Waals surface area (Å²) in [7, 11) is 0. The van der Waals surface area contributed by atoms with Gasteiger partial charge in [-0.15, -0.1) is 0 Å². The molecule has 1 aliphatic heterocycles. The van der Waals surface area contributed by atoms with E-state index in [1.807, 2.05) is 41.3 Å². The van der Waals surface area contributed by atoms with E-state index in [1.54, 1.807) is 12.1 Å². The van der Waals surface area contributed by atoms with Gasteiger partial charge < -0.3 is 4.90 Å². The first-order valence-electron chi connectivity index (χ1n) is 7.93. The third-order valence-corrected chi connectivity index (χ3v) is 4.21. The second-order valence-electron chi connectivity index (χ2n) is 5.86. The molecule has 0 saturated carbocycles. The lowest BCUT2D eigenvalue weighted by molar-refractivity contribution is -0.384. The predicted octanol–water partition coefficient (Wildman–Crippen LogP) is 2.55. The van der Waals surface area contributed by atoms with Gasteiger partial charge in [-0.25, -0.2) is 0 Å². The van der Waals surface area contributed by atoms with E-state index < -0.39 is 0 Å². The second-order valence-corrected chi connectivity index (χ2v) is 5.86. The van der Waals surface area contributed by atoms with Crippen molar-refractivity contribution < 1.29 is 9.72 Å². The maximum Gasteiger partial charge on any atom is 0.269 e. The van der Waals surface area contributed by atoms with Gasteiger partial charge in [0.2, 0.25) is 0 Å². The summed E-state index contributed by atoms with van der Waals surface area (Å²) in [5.74, 6) is 0.0607. The number of carbonyl (C=O) groups excluding carboxylic acids is 1. The van der Waals surface area contributed by atoms with E-state index >= 15 is 0 Å². The molecule has 0 aliphatic carbocycles. The highest BCUT2D eigenvalue weighted by Crippen LogP contribution is 2.16. The number of amides is 1. The van der Waals surface area contributed by atoms with Gasteiger partial charge in [0.1, 0.15) is 0 Å². The van der Waals surface area contributed by atoms with Gasteiger partial charge in [0, 0.05) is 50.4 Å². The Morgan fingerprint density at radius 3 is 2.38 bits per heavy atom. The Morgan fingerprint density at radius 2 is 1.71 bits per heavy atom. The average Bonchev–Trinajstić information content (AvgIpc) is 2.63. The maximum absolute atomic E-state index is 12.4. The molecule has 1 saturated heterocycles. The van der Waals surface area contributed by atoms with E-state index in [1.165, 1.54) is 6.07 Å². The van der Waals surface area contributed by atoms with Crippen LogP contribution in [0.2, 0.25) is 0 Å². The van der Waals surface area contributed by atoms with Gasteiger partial charge in [-0.05, 0) is 17.7 Å². The predicted molar refractivity (Wildman–Crippen MR) is 90.7 cm³/mol. The van der Waals surface area contributed by atoms with Crippen LogP contribution in [0, 0.1) is 10.1 Å². The monoisotopic (exact) mass is 325 g/mol. The van der Waals surface area contributed by atoms with Gasteiger partial charge in [0.15, 0.2) is 0 Å². The molecule has 0 aromatic heterocycles. The summed E-state index contributed by atoms with van der Waals surface area (Å²) >= 11 is 0. The fraction of sp³-hybridized carbons (Fsp3) is 0.278. The molecule has 24 heavy (non-hydrogen) atoms. The fourth-order valence-electron chi connectivity index (χ4n) is 2.90. The van der Waals surface area contributed by atoms with Crippen molar-refractivity contribution in [2.75, 3.05) is 26.2 Å². The van der Waals surface area contributed by atoms with Crippen LogP contribution >= 0.6 is 0 Å². The summed E-state index contributed by atoms with van der Waals surface area (Å²) in [6, 6.07) is 16.0. The average molecular weight is 325 g/mol. The molecular weight excluding hydrogens is 306 g/mol. The lowest BCUT2D eigenvalue weighted by Crippen LogP contribution is -2.48. The zero-order valence-electron chi connectivity index (χ0n) is 13.3. The molecule has 3 rings (SSSR count). The van der Waals surface area contributed by atoms with Crippen molar-refractivity contribution in [2.24, 2.45) is 0 Å². The van der Waals surface area contributed by atoms with Crippen LogP contribution in [0.15, 0.2) is 54.6 Å². The van der Waals surface area contributed by atoms with Gasteiger partial charge in [0.05, 0.1) is 4.92 Å². The topological polar surface area (TPSA) is 66.7 Å². The van der Waals surface area contributed by atoms with Gasteiger partial charge in [0.25, 0.3) is 11.6 Å². The summed E-state index contributed by atoms with van der Waals surface area (Å²) in [4.78, 5) is 27.0. The molecule has 2 aromatic rings. The van der Waals surface area contributed by atoms with Crippen LogP contribution in [-0.2, 0) is 6.54 Å².